The van der Waals surface area contributed by atoms with Crippen molar-refractivity contribution >= 4 is 17.9 Å². The van der Waals surface area contributed by atoms with Gasteiger partial charge < -0.3 is 20.6 Å². The van der Waals surface area contributed by atoms with Crippen LogP contribution >= 0.6 is 0 Å². The molecule has 0 bridgehead atoms. The number of carbonyl (C=O) groups excluding carboxylic acids is 2. The molecule has 7 heteroatoms. The Morgan fingerprint density at radius 3 is 2.25 bits per heavy atom. The summed E-state index contributed by atoms with van der Waals surface area (Å²) in [5.41, 5.74) is 0. The molecule has 3 N–H and O–H groups in total. The lowest BCUT2D eigenvalue weighted by molar-refractivity contribution is -0.137. The molecular weight excluding hydrogens is 262 g/mol. The highest BCUT2D eigenvalue weighted by molar-refractivity contribution is 5.86. The maximum atomic E-state index is 12.1. The summed E-state index contributed by atoms with van der Waals surface area (Å²) in [4.78, 5) is 35.6. The van der Waals surface area contributed by atoms with Crippen molar-refractivity contribution in [1.29, 1.82) is 0 Å². The number of amides is 3. The predicted octanol–water partition coefficient (Wildman–Crippen LogP) is 0.796. The van der Waals surface area contributed by atoms with E-state index in [1.165, 1.54) is 4.90 Å². The number of urea groups is 1. The van der Waals surface area contributed by atoms with Crippen LogP contribution in [-0.2, 0) is 9.59 Å². The molecule has 0 rings (SSSR count). The molecule has 0 saturated carbocycles. The Morgan fingerprint density at radius 2 is 1.80 bits per heavy atom. The second-order valence-corrected chi connectivity index (χ2v) is 4.85. The number of likely N-dealkylation sites (N-methyl/N-ethyl adjacent to an activating group) is 1. The zero-order chi connectivity index (χ0) is 15.7. The minimum Gasteiger partial charge on any atom is -0.481 e. The van der Waals surface area contributed by atoms with Crippen molar-refractivity contribution in [3.63, 3.8) is 0 Å². The van der Waals surface area contributed by atoms with Crippen LogP contribution in [0.4, 0.5) is 4.79 Å². The molecule has 0 aliphatic heterocycles. The third kappa shape index (κ3) is 6.96. The van der Waals surface area contributed by atoms with Crippen molar-refractivity contribution in [2.75, 3.05) is 13.1 Å². The molecule has 7 nitrogen and oxygen atoms in total. The van der Waals surface area contributed by atoms with Gasteiger partial charge in [0.1, 0.15) is 6.04 Å². The van der Waals surface area contributed by atoms with Crippen molar-refractivity contribution in [2.45, 2.75) is 52.6 Å². The van der Waals surface area contributed by atoms with Crippen LogP contribution in [0.5, 0.6) is 0 Å². The Bertz CT molecular complexity index is 345. The van der Waals surface area contributed by atoms with Gasteiger partial charge >= 0.3 is 12.0 Å². The van der Waals surface area contributed by atoms with E-state index in [0.717, 1.165) is 0 Å². The topological polar surface area (TPSA) is 98.7 Å². The van der Waals surface area contributed by atoms with E-state index < -0.39 is 12.0 Å². The summed E-state index contributed by atoms with van der Waals surface area (Å²) in [7, 11) is 0. The van der Waals surface area contributed by atoms with Crippen LogP contribution in [0.1, 0.15) is 40.5 Å². The molecule has 0 aliphatic rings. The van der Waals surface area contributed by atoms with Crippen LogP contribution in [0.15, 0.2) is 0 Å². The Balaban J connectivity index is 4.42. The first-order valence-electron chi connectivity index (χ1n) is 6.86. The summed E-state index contributed by atoms with van der Waals surface area (Å²) in [6.45, 7) is 7.95. The summed E-state index contributed by atoms with van der Waals surface area (Å²) >= 11 is 0. The molecule has 3 amide bonds. The molecule has 0 aromatic rings. The summed E-state index contributed by atoms with van der Waals surface area (Å²) in [6.07, 6.45) is 0.402. The van der Waals surface area contributed by atoms with Crippen molar-refractivity contribution in [3.05, 3.63) is 0 Å². The van der Waals surface area contributed by atoms with Crippen molar-refractivity contribution in [2.24, 2.45) is 0 Å². The third-order valence-corrected chi connectivity index (χ3v) is 2.76. The molecule has 0 saturated heterocycles. The fourth-order valence-electron chi connectivity index (χ4n) is 1.66. The first-order chi connectivity index (χ1) is 9.29. The highest BCUT2D eigenvalue weighted by atomic mass is 16.4. The predicted molar refractivity (Wildman–Crippen MR) is 75.4 cm³/mol. The number of aliphatic carboxylic acids is 1. The molecule has 0 heterocycles. The smallest absolute Gasteiger partial charge is 0.318 e. The summed E-state index contributed by atoms with van der Waals surface area (Å²) in [5, 5.41) is 13.8. The highest BCUT2D eigenvalue weighted by Crippen LogP contribution is 2.03. The van der Waals surface area contributed by atoms with Gasteiger partial charge in [0.15, 0.2) is 0 Å². The SMILES string of the molecule is CCNC(=O)C(C)NC(=O)N(CCCC(=O)O)C(C)C. The molecular formula is C13H25N3O4. The monoisotopic (exact) mass is 287 g/mol. The van der Waals surface area contributed by atoms with Crippen molar-refractivity contribution < 1.29 is 19.5 Å². The molecule has 1 atom stereocenters. The lowest BCUT2D eigenvalue weighted by Gasteiger charge is -2.28. The number of carbonyl (C=O) groups is 3. The fourth-order valence-corrected chi connectivity index (χ4v) is 1.66. The van der Waals surface area contributed by atoms with E-state index in [2.05, 4.69) is 10.6 Å². The number of hydrogen-bond acceptors (Lipinski definition) is 3. The molecule has 20 heavy (non-hydrogen) atoms. The molecule has 116 valence electrons. The van der Waals surface area contributed by atoms with E-state index in [0.29, 0.717) is 19.5 Å². The van der Waals surface area contributed by atoms with Gasteiger partial charge in [-0.1, -0.05) is 0 Å². The lowest BCUT2D eigenvalue weighted by atomic mass is 10.2. The first kappa shape index (κ1) is 18.2. The van der Waals surface area contributed by atoms with Crippen LogP contribution in [0.2, 0.25) is 0 Å². The standard InChI is InChI=1S/C13H25N3O4/c1-5-14-12(19)10(4)15-13(20)16(9(2)3)8-6-7-11(17)18/h9-10H,5-8H2,1-4H3,(H,14,19)(H,15,20)(H,17,18). The summed E-state index contributed by atoms with van der Waals surface area (Å²) in [5.74, 6) is -1.13. The molecule has 0 aromatic heterocycles. The van der Waals surface area contributed by atoms with Gasteiger partial charge in [-0.15, -0.1) is 0 Å². The zero-order valence-corrected chi connectivity index (χ0v) is 12.6. The molecule has 0 aliphatic carbocycles. The van der Waals surface area contributed by atoms with Crippen molar-refractivity contribution in [1.82, 2.24) is 15.5 Å². The van der Waals surface area contributed by atoms with Gasteiger partial charge in [0.25, 0.3) is 0 Å². The highest BCUT2D eigenvalue weighted by Gasteiger charge is 2.21. The minimum atomic E-state index is -0.884. The number of carboxylic acid groups (broad SMARTS) is 1. The average Bonchev–Trinajstić information content (AvgIpc) is 2.33. The quantitative estimate of drug-likeness (QED) is 0.615. The van der Waals surface area contributed by atoms with Gasteiger partial charge in [-0.25, -0.2) is 4.79 Å². The molecule has 0 spiro atoms. The molecule has 0 aromatic carbocycles. The van der Waals surface area contributed by atoms with Gasteiger partial charge in [0.2, 0.25) is 5.91 Å². The fraction of sp³-hybridized carbons (Fsp3) is 0.769. The Labute approximate surface area is 119 Å². The number of nitrogens with one attached hydrogen (secondary N) is 2. The van der Waals surface area contributed by atoms with E-state index in [-0.39, 0.29) is 24.4 Å². The van der Waals surface area contributed by atoms with Gasteiger partial charge in [-0.05, 0) is 34.1 Å². The van der Waals surface area contributed by atoms with E-state index in [9.17, 15) is 14.4 Å². The second-order valence-electron chi connectivity index (χ2n) is 4.85. The van der Waals surface area contributed by atoms with Gasteiger partial charge in [0, 0.05) is 25.6 Å². The van der Waals surface area contributed by atoms with Crippen LogP contribution < -0.4 is 10.6 Å². The summed E-state index contributed by atoms with van der Waals surface area (Å²) < 4.78 is 0. The van der Waals surface area contributed by atoms with Crippen molar-refractivity contribution in [3.8, 4) is 0 Å². The summed E-state index contributed by atoms with van der Waals surface area (Å²) in [6, 6.07) is -1.04. The van der Waals surface area contributed by atoms with Crippen LogP contribution in [0.25, 0.3) is 0 Å². The van der Waals surface area contributed by atoms with Crippen LogP contribution in [0.3, 0.4) is 0 Å². The maximum Gasteiger partial charge on any atom is 0.318 e. The zero-order valence-electron chi connectivity index (χ0n) is 12.6. The lowest BCUT2D eigenvalue weighted by Crippen LogP contribution is -2.51. The van der Waals surface area contributed by atoms with E-state index in [1.807, 2.05) is 13.8 Å². The maximum absolute atomic E-state index is 12.1. The molecule has 1 unspecified atom stereocenters. The Morgan fingerprint density at radius 1 is 1.20 bits per heavy atom. The van der Waals surface area contributed by atoms with Gasteiger partial charge in [-0.3, -0.25) is 9.59 Å². The first-order valence-corrected chi connectivity index (χ1v) is 6.86. The minimum absolute atomic E-state index is 0.0162. The van der Waals surface area contributed by atoms with Gasteiger partial charge in [0.05, 0.1) is 0 Å². The van der Waals surface area contributed by atoms with E-state index in [1.54, 1.807) is 13.8 Å². The van der Waals surface area contributed by atoms with Crippen LogP contribution in [-0.4, -0.2) is 53.1 Å². The number of carboxylic acids is 1. The van der Waals surface area contributed by atoms with Gasteiger partial charge in [-0.2, -0.15) is 0 Å². The van der Waals surface area contributed by atoms with Crippen LogP contribution in [0, 0.1) is 0 Å². The molecule has 0 fully saturated rings. The third-order valence-electron chi connectivity index (χ3n) is 2.76. The number of nitrogens with zero attached hydrogens (tertiary/aromatic N) is 1. The number of rotatable bonds is 8. The Hall–Kier alpha value is -1.79. The second kappa shape index (κ2) is 9.17. The van der Waals surface area contributed by atoms with E-state index in [4.69, 9.17) is 5.11 Å². The normalized spacial score (nSPS) is 11.8. The van der Waals surface area contributed by atoms with E-state index >= 15 is 0 Å². The molecule has 0 radical (unpaired) electrons. The average molecular weight is 287 g/mol. The largest absolute Gasteiger partial charge is 0.481 e. The number of hydrogen-bond donors (Lipinski definition) is 3. The Kier molecular flexibility index (Phi) is 8.35.